The number of carbonyl (C=O) groups excluding carboxylic acids is 1. The van der Waals surface area contributed by atoms with Gasteiger partial charge in [0.2, 0.25) is 0 Å². The van der Waals surface area contributed by atoms with Crippen LogP contribution in [0.5, 0.6) is 0 Å². The Balaban J connectivity index is 2.19. The molecule has 0 bridgehead atoms. The van der Waals surface area contributed by atoms with Gasteiger partial charge in [-0.25, -0.2) is 9.18 Å². The third-order valence-electron chi connectivity index (χ3n) is 3.16. The van der Waals surface area contributed by atoms with E-state index in [1.807, 2.05) is 0 Å². The van der Waals surface area contributed by atoms with E-state index >= 15 is 0 Å². The number of carboxylic acid groups (broad SMARTS) is 1. The molecule has 0 spiro atoms. The largest absolute Gasteiger partial charge is 0.480 e. The third-order valence-corrected chi connectivity index (χ3v) is 3.87. The van der Waals surface area contributed by atoms with Crippen LogP contribution < -0.4 is 5.32 Å². The van der Waals surface area contributed by atoms with Crippen LogP contribution in [0.4, 0.5) is 4.39 Å². The minimum atomic E-state index is -1.25. The van der Waals surface area contributed by atoms with E-state index in [9.17, 15) is 19.1 Å². The van der Waals surface area contributed by atoms with Gasteiger partial charge in [0.25, 0.3) is 5.91 Å². The highest BCUT2D eigenvalue weighted by Crippen LogP contribution is 2.25. The summed E-state index contributed by atoms with van der Waals surface area (Å²) in [5, 5.41) is 12.3. The fourth-order valence-electron chi connectivity index (χ4n) is 2.00. The second-order valence-electron chi connectivity index (χ2n) is 4.78. The van der Waals surface area contributed by atoms with Crippen molar-refractivity contribution < 1.29 is 19.1 Å². The van der Waals surface area contributed by atoms with Gasteiger partial charge in [0.1, 0.15) is 11.9 Å². The summed E-state index contributed by atoms with van der Waals surface area (Å²) >= 11 is 12.0. The van der Waals surface area contributed by atoms with Crippen molar-refractivity contribution in [2.45, 2.75) is 12.5 Å². The minimum absolute atomic E-state index is 0.0292. The lowest BCUT2D eigenvalue weighted by atomic mass is 10.0. The first-order valence-electron chi connectivity index (χ1n) is 6.60. The third kappa shape index (κ3) is 4.43. The molecule has 7 heteroatoms. The number of hydrogen-bond acceptors (Lipinski definition) is 2. The molecule has 0 saturated carbocycles. The molecule has 0 aliphatic carbocycles. The predicted molar refractivity (Wildman–Crippen MR) is 85.5 cm³/mol. The zero-order valence-electron chi connectivity index (χ0n) is 11.7. The molecule has 2 aromatic rings. The Kier molecular flexibility index (Phi) is 5.58. The van der Waals surface area contributed by atoms with Crippen molar-refractivity contribution in [1.29, 1.82) is 0 Å². The number of benzene rings is 2. The Labute approximate surface area is 141 Å². The first kappa shape index (κ1) is 17.2. The molecule has 2 rings (SSSR count). The highest BCUT2D eigenvalue weighted by molar-refractivity contribution is 6.36. The van der Waals surface area contributed by atoms with Crippen LogP contribution in [-0.4, -0.2) is 23.0 Å². The molecule has 2 aromatic carbocycles. The number of halogens is 3. The molecule has 0 radical (unpaired) electrons. The number of aliphatic carboxylic acids is 1. The summed E-state index contributed by atoms with van der Waals surface area (Å²) in [6, 6.07) is 8.51. The van der Waals surface area contributed by atoms with E-state index in [4.69, 9.17) is 23.2 Å². The molecule has 0 aliphatic rings. The number of amides is 1. The molecule has 1 amide bonds. The normalized spacial score (nSPS) is 11.8. The summed E-state index contributed by atoms with van der Waals surface area (Å²) in [5.41, 5.74) is 0.448. The molecule has 4 nitrogen and oxygen atoms in total. The van der Waals surface area contributed by atoms with Crippen molar-refractivity contribution in [3.8, 4) is 0 Å². The van der Waals surface area contributed by atoms with Crippen molar-refractivity contribution in [2.75, 3.05) is 0 Å². The summed E-state index contributed by atoms with van der Waals surface area (Å²) < 4.78 is 13.1. The SMILES string of the molecule is O=C(N[C@H](Cc1c(Cl)cccc1Cl)C(=O)O)c1cccc(F)c1. The van der Waals surface area contributed by atoms with E-state index in [1.54, 1.807) is 18.2 Å². The Morgan fingerprint density at radius 1 is 1.13 bits per heavy atom. The lowest BCUT2D eigenvalue weighted by Crippen LogP contribution is -2.42. The first-order valence-corrected chi connectivity index (χ1v) is 7.36. The molecular weight excluding hydrogens is 344 g/mol. The van der Waals surface area contributed by atoms with Gasteiger partial charge in [0, 0.05) is 22.0 Å². The number of hydrogen-bond donors (Lipinski definition) is 2. The fraction of sp³-hybridized carbons (Fsp3) is 0.125. The average Bonchev–Trinajstić information content (AvgIpc) is 2.49. The molecule has 0 fully saturated rings. The van der Waals surface area contributed by atoms with Crippen molar-refractivity contribution in [1.82, 2.24) is 5.32 Å². The maximum Gasteiger partial charge on any atom is 0.326 e. The van der Waals surface area contributed by atoms with E-state index in [0.717, 1.165) is 6.07 Å². The van der Waals surface area contributed by atoms with Gasteiger partial charge >= 0.3 is 5.97 Å². The molecule has 120 valence electrons. The summed E-state index contributed by atoms with van der Waals surface area (Å²) in [4.78, 5) is 23.4. The number of carboxylic acids is 1. The highest BCUT2D eigenvalue weighted by Gasteiger charge is 2.23. The minimum Gasteiger partial charge on any atom is -0.480 e. The van der Waals surface area contributed by atoms with Gasteiger partial charge in [0.15, 0.2) is 0 Å². The maximum absolute atomic E-state index is 13.1. The molecular formula is C16H12Cl2FNO3. The van der Waals surface area contributed by atoms with Gasteiger partial charge < -0.3 is 10.4 Å². The predicted octanol–water partition coefficient (Wildman–Crippen LogP) is 3.56. The van der Waals surface area contributed by atoms with E-state index < -0.39 is 23.7 Å². The van der Waals surface area contributed by atoms with Crippen LogP contribution in [0.25, 0.3) is 0 Å². The second kappa shape index (κ2) is 7.44. The van der Waals surface area contributed by atoms with E-state index in [-0.39, 0.29) is 12.0 Å². The number of carbonyl (C=O) groups is 2. The van der Waals surface area contributed by atoms with Crippen LogP contribution in [0.15, 0.2) is 42.5 Å². The average molecular weight is 356 g/mol. The number of rotatable bonds is 5. The molecule has 1 atom stereocenters. The smallest absolute Gasteiger partial charge is 0.326 e. The van der Waals surface area contributed by atoms with Crippen LogP contribution in [0.3, 0.4) is 0 Å². The van der Waals surface area contributed by atoms with Crippen LogP contribution in [0.1, 0.15) is 15.9 Å². The van der Waals surface area contributed by atoms with E-state index in [2.05, 4.69) is 5.32 Å². The molecule has 2 N–H and O–H groups in total. The monoisotopic (exact) mass is 355 g/mol. The number of nitrogens with one attached hydrogen (secondary N) is 1. The molecule has 23 heavy (non-hydrogen) atoms. The van der Waals surface area contributed by atoms with Crippen LogP contribution in [0.2, 0.25) is 10.0 Å². The zero-order chi connectivity index (χ0) is 17.0. The standard InChI is InChI=1S/C16H12Cl2FNO3/c17-12-5-2-6-13(18)11(12)8-14(16(22)23)20-15(21)9-3-1-4-10(19)7-9/h1-7,14H,8H2,(H,20,21)(H,22,23)/t14-/m1/s1. The molecule has 0 saturated heterocycles. The highest BCUT2D eigenvalue weighted by atomic mass is 35.5. The topological polar surface area (TPSA) is 66.4 Å². The van der Waals surface area contributed by atoms with E-state index in [0.29, 0.717) is 15.6 Å². The Hall–Kier alpha value is -2.11. The van der Waals surface area contributed by atoms with Crippen LogP contribution in [-0.2, 0) is 11.2 Å². The Morgan fingerprint density at radius 3 is 2.30 bits per heavy atom. The van der Waals surface area contributed by atoms with Crippen molar-refractivity contribution in [2.24, 2.45) is 0 Å². The van der Waals surface area contributed by atoms with Crippen molar-refractivity contribution in [3.05, 3.63) is 69.5 Å². The van der Waals surface area contributed by atoms with Gasteiger partial charge in [-0.2, -0.15) is 0 Å². The van der Waals surface area contributed by atoms with Gasteiger partial charge in [-0.05, 0) is 35.9 Å². The fourth-order valence-corrected chi connectivity index (χ4v) is 2.55. The van der Waals surface area contributed by atoms with Gasteiger partial charge in [0.05, 0.1) is 0 Å². The van der Waals surface area contributed by atoms with Gasteiger partial charge in [-0.15, -0.1) is 0 Å². The maximum atomic E-state index is 13.1. The summed E-state index contributed by atoms with van der Waals surface area (Å²) in [6.45, 7) is 0. The molecule has 0 aromatic heterocycles. The Bertz CT molecular complexity index is 732. The van der Waals surface area contributed by atoms with E-state index in [1.165, 1.54) is 18.2 Å². The van der Waals surface area contributed by atoms with Crippen molar-refractivity contribution in [3.63, 3.8) is 0 Å². The summed E-state index contributed by atoms with van der Waals surface area (Å²) in [5.74, 6) is -2.52. The lowest BCUT2D eigenvalue weighted by molar-refractivity contribution is -0.139. The van der Waals surface area contributed by atoms with Gasteiger partial charge in [-0.3, -0.25) is 4.79 Å². The summed E-state index contributed by atoms with van der Waals surface area (Å²) in [7, 11) is 0. The first-order chi connectivity index (χ1) is 10.9. The zero-order valence-corrected chi connectivity index (χ0v) is 13.2. The Morgan fingerprint density at radius 2 is 1.74 bits per heavy atom. The molecule has 0 heterocycles. The quantitative estimate of drug-likeness (QED) is 0.861. The molecule has 0 aliphatic heterocycles. The van der Waals surface area contributed by atoms with Gasteiger partial charge in [-0.1, -0.05) is 35.3 Å². The van der Waals surface area contributed by atoms with Crippen molar-refractivity contribution >= 4 is 35.1 Å². The lowest BCUT2D eigenvalue weighted by Gasteiger charge is -2.16. The summed E-state index contributed by atoms with van der Waals surface area (Å²) in [6.07, 6.45) is -0.0884. The van der Waals surface area contributed by atoms with Crippen LogP contribution >= 0.6 is 23.2 Å². The second-order valence-corrected chi connectivity index (χ2v) is 5.59. The molecule has 0 unspecified atom stereocenters. The van der Waals surface area contributed by atoms with Crippen LogP contribution in [0, 0.1) is 5.82 Å².